The summed E-state index contributed by atoms with van der Waals surface area (Å²) < 4.78 is 56.0. The average Bonchev–Trinajstić information content (AvgIpc) is 2.51. The van der Waals surface area contributed by atoms with Crippen molar-refractivity contribution in [2.75, 3.05) is 6.61 Å². The zero-order chi connectivity index (χ0) is 11.5. The fourth-order valence-electron chi connectivity index (χ4n) is 0.669. The number of hydrogen-bond acceptors (Lipinski definition) is 4. The van der Waals surface area contributed by atoms with Crippen LogP contribution in [0.1, 0.15) is 5.82 Å². The molecule has 0 aliphatic rings. The third-order valence-corrected chi connectivity index (χ3v) is 1.34. The summed E-state index contributed by atoms with van der Waals surface area (Å²) in [6.45, 7) is -1.99. The second-order valence-corrected chi connectivity index (χ2v) is 2.60. The molecule has 1 rings (SSSR count). The Balaban J connectivity index is 2.36. The van der Waals surface area contributed by atoms with Crippen molar-refractivity contribution in [1.29, 1.82) is 0 Å². The number of hydrogen-bond donors (Lipinski definition) is 1. The number of halogens is 4. The maximum atomic E-state index is 12.3. The van der Waals surface area contributed by atoms with Gasteiger partial charge < -0.3 is 4.74 Å². The molecule has 0 aromatic carbocycles. The topological polar surface area (TPSA) is 68.1 Å². The third kappa shape index (κ3) is 3.35. The quantitative estimate of drug-likeness (QED) is 0.759. The van der Waals surface area contributed by atoms with Gasteiger partial charge >= 0.3 is 18.1 Å². The molecule has 0 unspecified atom stereocenters. The molecule has 1 aromatic heterocycles. The smallest absolute Gasteiger partial charge is 0.367 e. The van der Waals surface area contributed by atoms with E-state index in [0.29, 0.717) is 0 Å². The van der Waals surface area contributed by atoms with Crippen LogP contribution in [0.4, 0.5) is 17.6 Å². The number of rotatable bonds is 5. The second kappa shape index (κ2) is 4.43. The largest absolute Gasteiger partial charge is 0.438 e. The number of alkyl halides is 4. The van der Waals surface area contributed by atoms with Crippen LogP contribution >= 0.6 is 0 Å². The van der Waals surface area contributed by atoms with Crippen LogP contribution in [-0.4, -0.2) is 29.1 Å². The van der Waals surface area contributed by atoms with Crippen LogP contribution in [0.15, 0.2) is 9.32 Å². The van der Waals surface area contributed by atoms with Gasteiger partial charge in [-0.3, -0.25) is 9.51 Å². The summed E-state index contributed by atoms with van der Waals surface area (Å²) in [5, 5.41) is 3.08. The number of aromatic nitrogens is 2. The summed E-state index contributed by atoms with van der Waals surface area (Å²) in [7, 11) is 0. The van der Waals surface area contributed by atoms with E-state index in [-0.39, 0.29) is 5.82 Å². The lowest BCUT2D eigenvalue weighted by molar-refractivity contribution is -0.168. The minimum atomic E-state index is -4.22. The number of aromatic amines is 1. The van der Waals surface area contributed by atoms with Gasteiger partial charge in [0.05, 0.1) is 0 Å². The molecule has 0 saturated carbocycles. The van der Waals surface area contributed by atoms with E-state index < -0.39 is 31.3 Å². The minimum Gasteiger partial charge on any atom is -0.367 e. The van der Waals surface area contributed by atoms with Crippen LogP contribution in [0, 0.1) is 0 Å². The van der Waals surface area contributed by atoms with Crippen molar-refractivity contribution in [3.05, 3.63) is 16.4 Å². The van der Waals surface area contributed by atoms with E-state index in [0.717, 1.165) is 0 Å². The Labute approximate surface area is 80.0 Å². The number of ether oxygens (including phenoxy) is 1. The van der Waals surface area contributed by atoms with Gasteiger partial charge in [-0.2, -0.15) is 8.78 Å². The van der Waals surface area contributed by atoms with E-state index in [1.165, 1.54) is 0 Å². The number of nitrogens with one attached hydrogen (secondary N) is 1. The highest BCUT2D eigenvalue weighted by Crippen LogP contribution is 2.22. The first kappa shape index (κ1) is 11.7. The second-order valence-electron chi connectivity index (χ2n) is 2.60. The molecule has 15 heavy (non-hydrogen) atoms. The van der Waals surface area contributed by atoms with Gasteiger partial charge in [0.1, 0.15) is 13.2 Å². The third-order valence-electron chi connectivity index (χ3n) is 1.34. The van der Waals surface area contributed by atoms with Gasteiger partial charge in [0, 0.05) is 0 Å². The van der Waals surface area contributed by atoms with Crippen LogP contribution in [-0.2, 0) is 11.3 Å². The molecule has 1 heterocycles. The molecule has 1 aromatic rings. The van der Waals surface area contributed by atoms with Crippen molar-refractivity contribution in [3.63, 3.8) is 0 Å². The molecule has 5 nitrogen and oxygen atoms in total. The number of nitrogens with zero attached hydrogens (tertiary/aromatic N) is 1. The van der Waals surface area contributed by atoms with Crippen molar-refractivity contribution >= 4 is 0 Å². The van der Waals surface area contributed by atoms with Crippen molar-refractivity contribution in [1.82, 2.24) is 10.1 Å². The predicted molar refractivity (Wildman–Crippen MR) is 37.7 cm³/mol. The molecule has 0 spiro atoms. The first-order chi connectivity index (χ1) is 6.92. The molecule has 0 bridgehead atoms. The van der Waals surface area contributed by atoms with Crippen molar-refractivity contribution in [3.8, 4) is 0 Å². The zero-order valence-electron chi connectivity index (χ0n) is 7.18. The summed E-state index contributed by atoms with van der Waals surface area (Å²) in [5.74, 6) is -5.25. The fraction of sp³-hybridized carbons (Fsp3) is 0.667. The highest BCUT2D eigenvalue weighted by Gasteiger charge is 2.40. The molecule has 0 amide bonds. The first-order valence-corrected chi connectivity index (χ1v) is 3.70. The number of H-pyrrole nitrogens is 1. The van der Waals surface area contributed by atoms with Crippen LogP contribution in [0.5, 0.6) is 0 Å². The van der Waals surface area contributed by atoms with Gasteiger partial charge in [0.2, 0.25) is 0 Å². The van der Waals surface area contributed by atoms with E-state index >= 15 is 0 Å². The Kier molecular flexibility index (Phi) is 3.45. The van der Waals surface area contributed by atoms with Crippen molar-refractivity contribution in [2.24, 2.45) is 0 Å². The van der Waals surface area contributed by atoms with E-state index in [4.69, 9.17) is 0 Å². The SMILES string of the molecule is O=c1[nH]c(COCC(F)(F)C(F)F)no1. The summed E-state index contributed by atoms with van der Waals surface area (Å²) in [5.41, 5.74) is 0. The minimum absolute atomic E-state index is 0.148. The molecule has 0 aliphatic carbocycles. The lowest BCUT2D eigenvalue weighted by atomic mass is 10.4. The Morgan fingerprint density at radius 2 is 2.20 bits per heavy atom. The molecule has 9 heteroatoms. The highest BCUT2D eigenvalue weighted by atomic mass is 19.3. The molecule has 0 radical (unpaired) electrons. The zero-order valence-corrected chi connectivity index (χ0v) is 7.18. The molecular weight excluding hydrogens is 224 g/mol. The lowest BCUT2D eigenvalue weighted by Gasteiger charge is -2.14. The maximum absolute atomic E-state index is 12.3. The average molecular weight is 230 g/mol. The lowest BCUT2D eigenvalue weighted by Crippen LogP contribution is -2.32. The van der Waals surface area contributed by atoms with E-state index in [1.807, 2.05) is 4.98 Å². The van der Waals surface area contributed by atoms with Gasteiger partial charge in [0.15, 0.2) is 5.82 Å². The van der Waals surface area contributed by atoms with Crippen molar-refractivity contribution in [2.45, 2.75) is 19.0 Å². The molecule has 1 N–H and O–H groups in total. The van der Waals surface area contributed by atoms with Gasteiger partial charge in [-0.05, 0) is 0 Å². The Hall–Kier alpha value is -1.38. The van der Waals surface area contributed by atoms with Gasteiger partial charge in [-0.15, -0.1) is 0 Å². The summed E-state index contributed by atoms with van der Waals surface area (Å²) in [6.07, 6.45) is -3.80. The predicted octanol–water partition coefficient (Wildman–Crippen LogP) is 0.780. The Morgan fingerprint density at radius 3 is 2.67 bits per heavy atom. The Bertz CT molecular complexity index is 361. The summed E-state index contributed by atoms with van der Waals surface area (Å²) in [4.78, 5) is 12.4. The van der Waals surface area contributed by atoms with Gasteiger partial charge in [-0.25, -0.2) is 13.6 Å². The molecular formula is C6H6F4N2O3. The molecule has 86 valence electrons. The van der Waals surface area contributed by atoms with Crippen LogP contribution in [0.25, 0.3) is 0 Å². The van der Waals surface area contributed by atoms with Crippen LogP contribution in [0.2, 0.25) is 0 Å². The standard InChI is InChI=1S/C6H6F4N2O3/c7-4(8)6(9,10)2-14-1-3-11-5(13)15-12-3/h4H,1-2H2,(H,11,12,13). The molecule has 0 saturated heterocycles. The van der Waals surface area contributed by atoms with E-state index in [9.17, 15) is 22.4 Å². The highest BCUT2D eigenvalue weighted by molar-refractivity contribution is 4.75. The van der Waals surface area contributed by atoms with Crippen molar-refractivity contribution < 1.29 is 26.8 Å². The van der Waals surface area contributed by atoms with E-state index in [2.05, 4.69) is 14.4 Å². The van der Waals surface area contributed by atoms with Crippen LogP contribution in [0.3, 0.4) is 0 Å². The summed E-state index contributed by atoms with van der Waals surface area (Å²) in [6, 6.07) is 0. The fourth-order valence-corrected chi connectivity index (χ4v) is 0.669. The maximum Gasteiger partial charge on any atom is 0.438 e. The summed E-state index contributed by atoms with van der Waals surface area (Å²) >= 11 is 0. The van der Waals surface area contributed by atoms with Gasteiger partial charge in [-0.1, -0.05) is 5.16 Å². The van der Waals surface area contributed by atoms with E-state index in [1.54, 1.807) is 0 Å². The Morgan fingerprint density at radius 1 is 1.53 bits per heavy atom. The van der Waals surface area contributed by atoms with Gasteiger partial charge in [0.25, 0.3) is 0 Å². The monoisotopic (exact) mass is 230 g/mol. The normalized spacial score (nSPS) is 12.3. The molecule has 0 aliphatic heterocycles. The molecule has 0 fully saturated rings. The first-order valence-electron chi connectivity index (χ1n) is 3.70. The van der Waals surface area contributed by atoms with Crippen LogP contribution < -0.4 is 5.76 Å². The molecule has 0 atom stereocenters.